The first-order valence-corrected chi connectivity index (χ1v) is 5.63. The number of hydrogen-bond donors (Lipinski definition) is 2. The lowest BCUT2D eigenvalue weighted by Crippen LogP contribution is -1.92. The van der Waals surface area contributed by atoms with E-state index in [4.69, 9.17) is 5.73 Å². The summed E-state index contributed by atoms with van der Waals surface area (Å²) in [5, 5.41) is 7.64. The number of nitrogens with zero attached hydrogens (tertiary/aromatic N) is 2. The Bertz CT molecular complexity index is 739. The summed E-state index contributed by atoms with van der Waals surface area (Å²) in [6.45, 7) is 1.98. The lowest BCUT2D eigenvalue weighted by molar-refractivity contribution is 0.629. The highest BCUT2D eigenvalue weighted by molar-refractivity contribution is 5.99. The van der Waals surface area contributed by atoms with Gasteiger partial charge in [-0.25, -0.2) is 4.39 Å². The Morgan fingerprint density at radius 1 is 1.39 bits per heavy atom. The molecule has 3 N–H and O–H groups in total. The van der Waals surface area contributed by atoms with Crippen LogP contribution in [-0.4, -0.2) is 14.8 Å². The van der Waals surface area contributed by atoms with Gasteiger partial charge in [0, 0.05) is 29.2 Å². The number of aryl methyl sites for hydroxylation is 1. The monoisotopic (exact) mass is 244 g/mol. The van der Waals surface area contributed by atoms with Crippen LogP contribution in [0.15, 0.2) is 24.4 Å². The van der Waals surface area contributed by atoms with E-state index in [0.29, 0.717) is 5.69 Å². The van der Waals surface area contributed by atoms with E-state index in [1.807, 2.05) is 18.5 Å². The highest BCUT2D eigenvalue weighted by Gasteiger charge is 2.17. The van der Waals surface area contributed by atoms with Crippen LogP contribution in [0.4, 0.5) is 10.1 Å². The second kappa shape index (κ2) is 3.60. The van der Waals surface area contributed by atoms with E-state index < -0.39 is 0 Å². The first-order chi connectivity index (χ1) is 8.59. The minimum Gasteiger partial charge on any atom is -0.396 e. The van der Waals surface area contributed by atoms with Gasteiger partial charge in [0.05, 0.1) is 17.6 Å². The number of fused-ring (bicyclic) bond motifs is 1. The summed E-state index contributed by atoms with van der Waals surface area (Å²) in [5.41, 5.74) is 10.1. The third-order valence-electron chi connectivity index (χ3n) is 3.37. The fourth-order valence-electron chi connectivity index (χ4n) is 2.36. The smallest absolute Gasteiger partial charge is 0.123 e. The van der Waals surface area contributed by atoms with E-state index in [-0.39, 0.29) is 5.82 Å². The van der Waals surface area contributed by atoms with E-state index in [1.54, 1.807) is 12.3 Å². The predicted octanol–water partition coefficient (Wildman–Crippen LogP) is 2.60. The summed E-state index contributed by atoms with van der Waals surface area (Å²) in [6.07, 6.45) is 1.56. The number of aromatic amines is 1. The number of anilines is 1. The molecule has 2 aromatic heterocycles. The van der Waals surface area contributed by atoms with Gasteiger partial charge in [-0.1, -0.05) is 0 Å². The van der Waals surface area contributed by atoms with Crippen molar-refractivity contribution in [2.75, 3.05) is 5.73 Å². The van der Waals surface area contributed by atoms with Crippen LogP contribution in [0, 0.1) is 12.7 Å². The van der Waals surface area contributed by atoms with E-state index in [9.17, 15) is 4.39 Å². The van der Waals surface area contributed by atoms with Crippen molar-refractivity contribution in [2.24, 2.45) is 7.05 Å². The average Bonchev–Trinajstić information content (AvgIpc) is 2.84. The van der Waals surface area contributed by atoms with Crippen LogP contribution in [0.1, 0.15) is 5.69 Å². The van der Waals surface area contributed by atoms with Crippen LogP contribution < -0.4 is 5.73 Å². The van der Waals surface area contributed by atoms with Gasteiger partial charge in [-0.15, -0.1) is 0 Å². The van der Waals surface area contributed by atoms with Gasteiger partial charge in [0.2, 0.25) is 0 Å². The Morgan fingerprint density at radius 3 is 2.83 bits per heavy atom. The molecule has 0 radical (unpaired) electrons. The van der Waals surface area contributed by atoms with Crippen molar-refractivity contribution in [2.45, 2.75) is 6.92 Å². The molecular formula is C13H13FN4. The molecule has 2 heterocycles. The minimum atomic E-state index is -0.257. The first kappa shape index (κ1) is 10.8. The fourth-order valence-corrected chi connectivity index (χ4v) is 2.36. The molecular weight excluding hydrogens is 231 g/mol. The lowest BCUT2D eigenvalue weighted by Gasteiger charge is -2.01. The molecule has 0 atom stereocenters. The Morgan fingerprint density at radius 2 is 2.17 bits per heavy atom. The number of rotatable bonds is 1. The second-order valence-corrected chi connectivity index (χ2v) is 4.38. The van der Waals surface area contributed by atoms with Crippen molar-refractivity contribution in [1.82, 2.24) is 14.8 Å². The Hall–Kier alpha value is -2.30. The number of nitrogen functional groups attached to an aromatic ring is 1. The quantitative estimate of drug-likeness (QED) is 0.691. The van der Waals surface area contributed by atoms with Crippen molar-refractivity contribution in [3.8, 4) is 11.3 Å². The maximum atomic E-state index is 13.4. The van der Waals surface area contributed by atoms with Gasteiger partial charge in [0.15, 0.2) is 0 Å². The van der Waals surface area contributed by atoms with Crippen LogP contribution in [0.2, 0.25) is 0 Å². The highest BCUT2D eigenvalue weighted by atomic mass is 19.1. The van der Waals surface area contributed by atoms with Crippen molar-refractivity contribution in [3.05, 3.63) is 35.9 Å². The number of nitrogens with two attached hydrogens (primary N) is 1. The zero-order valence-corrected chi connectivity index (χ0v) is 10.2. The van der Waals surface area contributed by atoms with Crippen molar-refractivity contribution >= 4 is 16.6 Å². The van der Waals surface area contributed by atoms with Crippen molar-refractivity contribution in [3.63, 3.8) is 0 Å². The van der Waals surface area contributed by atoms with E-state index in [1.165, 1.54) is 12.1 Å². The van der Waals surface area contributed by atoms with Gasteiger partial charge in [0.25, 0.3) is 0 Å². The Balaban J connectivity index is 2.45. The third-order valence-corrected chi connectivity index (χ3v) is 3.37. The second-order valence-electron chi connectivity index (χ2n) is 4.38. The lowest BCUT2D eigenvalue weighted by atomic mass is 10.1. The molecule has 3 aromatic rings. The van der Waals surface area contributed by atoms with Gasteiger partial charge < -0.3 is 10.3 Å². The van der Waals surface area contributed by atoms with E-state index in [2.05, 4.69) is 10.2 Å². The van der Waals surface area contributed by atoms with Gasteiger partial charge in [-0.3, -0.25) is 5.10 Å². The molecule has 0 bridgehead atoms. The SMILES string of the molecule is Cc1c(-c2[nH]ncc2N)c2cc(F)ccc2n1C. The molecule has 5 heteroatoms. The molecule has 1 aromatic carbocycles. The Labute approximate surface area is 103 Å². The van der Waals surface area contributed by atoms with Gasteiger partial charge in [-0.2, -0.15) is 5.10 Å². The molecule has 0 unspecified atom stereocenters. The number of H-pyrrole nitrogens is 1. The van der Waals surface area contributed by atoms with Gasteiger partial charge in [-0.05, 0) is 25.1 Å². The van der Waals surface area contributed by atoms with Crippen LogP contribution >= 0.6 is 0 Å². The molecule has 4 nitrogen and oxygen atoms in total. The maximum absolute atomic E-state index is 13.4. The van der Waals surface area contributed by atoms with Crippen molar-refractivity contribution in [1.29, 1.82) is 0 Å². The van der Waals surface area contributed by atoms with Crippen molar-refractivity contribution < 1.29 is 4.39 Å². The molecule has 0 saturated carbocycles. The number of benzene rings is 1. The summed E-state index contributed by atoms with van der Waals surface area (Å²) in [7, 11) is 1.95. The summed E-state index contributed by atoms with van der Waals surface area (Å²) in [4.78, 5) is 0. The molecule has 0 aliphatic carbocycles. The average molecular weight is 244 g/mol. The molecule has 0 aliphatic rings. The molecule has 0 amide bonds. The molecule has 0 aliphatic heterocycles. The number of hydrogen-bond acceptors (Lipinski definition) is 2. The number of aromatic nitrogens is 3. The van der Waals surface area contributed by atoms with E-state index in [0.717, 1.165) is 27.9 Å². The molecule has 0 fully saturated rings. The van der Waals surface area contributed by atoms with Crippen LogP contribution in [0.3, 0.4) is 0 Å². The van der Waals surface area contributed by atoms with Gasteiger partial charge in [0.1, 0.15) is 5.82 Å². The molecule has 92 valence electrons. The van der Waals surface area contributed by atoms with Crippen LogP contribution in [0.5, 0.6) is 0 Å². The zero-order valence-electron chi connectivity index (χ0n) is 10.2. The third kappa shape index (κ3) is 1.33. The van der Waals surface area contributed by atoms with E-state index >= 15 is 0 Å². The predicted molar refractivity (Wildman–Crippen MR) is 69.6 cm³/mol. The fraction of sp³-hybridized carbons (Fsp3) is 0.154. The molecule has 0 spiro atoms. The van der Waals surface area contributed by atoms with Crippen LogP contribution in [0.25, 0.3) is 22.2 Å². The minimum absolute atomic E-state index is 0.257. The van der Waals surface area contributed by atoms with Crippen LogP contribution in [-0.2, 0) is 7.05 Å². The number of nitrogens with one attached hydrogen (secondary N) is 1. The normalized spacial score (nSPS) is 11.3. The molecule has 0 saturated heterocycles. The number of halogens is 1. The highest BCUT2D eigenvalue weighted by Crippen LogP contribution is 2.35. The van der Waals surface area contributed by atoms with Gasteiger partial charge >= 0.3 is 0 Å². The zero-order chi connectivity index (χ0) is 12.9. The first-order valence-electron chi connectivity index (χ1n) is 5.63. The topological polar surface area (TPSA) is 59.6 Å². The summed E-state index contributed by atoms with van der Waals surface area (Å²) < 4.78 is 15.5. The Kier molecular flexibility index (Phi) is 2.16. The summed E-state index contributed by atoms with van der Waals surface area (Å²) >= 11 is 0. The standard InChI is InChI=1S/C13H13FN4/c1-7-12(13-10(15)6-16-17-13)9-5-8(14)3-4-11(9)18(7)2/h3-6H,15H2,1-2H3,(H,16,17). The summed E-state index contributed by atoms with van der Waals surface area (Å²) in [6, 6.07) is 4.76. The molecule has 3 rings (SSSR count). The maximum Gasteiger partial charge on any atom is 0.123 e. The molecule has 18 heavy (non-hydrogen) atoms. The largest absolute Gasteiger partial charge is 0.396 e. The summed E-state index contributed by atoms with van der Waals surface area (Å²) in [5.74, 6) is -0.257.